The van der Waals surface area contributed by atoms with Gasteiger partial charge in [-0.25, -0.2) is 4.98 Å². The van der Waals surface area contributed by atoms with Gasteiger partial charge in [0.25, 0.3) is 5.56 Å². The lowest BCUT2D eigenvalue weighted by Crippen LogP contribution is -2.22. The molecule has 1 aromatic carbocycles. The molecule has 1 aliphatic rings. The van der Waals surface area contributed by atoms with Gasteiger partial charge in [-0.2, -0.15) is 5.26 Å². The number of nitrogens with zero attached hydrogens (tertiary/aromatic N) is 3. The molecule has 0 spiro atoms. The van der Waals surface area contributed by atoms with Gasteiger partial charge >= 0.3 is 0 Å². The fourth-order valence-electron chi connectivity index (χ4n) is 3.21. The van der Waals surface area contributed by atoms with Crippen molar-refractivity contribution in [1.82, 2.24) is 9.55 Å². The Kier molecular flexibility index (Phi) is 4.14. The first-order chi connectivity index (χ1) is 12.1. The molecule has 0 N–H and O–H groups in total. The Morgan fingerprint density at radius 1 is 1.32 bits per heavy atom. The second kappa shape index (κ2) is 6.32. The molecule has 4 rings (SSSR count). The third kappa shape index (κ3) is 2.78. The largest absolute Gasteiger partial charge is 0.268 e. The topological polar surface area (TPSA) is 58.7 Å². The fraction of sp³-hybridized carbons (Fsp3) is 0.316. The zero-order valence-electron chi connectivity index (χ0n) is 14.1. The standard InChI is InChI=1S/C19H17N3OS2/c1-11-6-8-13(9-7-11)22-18(23)16-14-4-3-5-15(14)25-17(16)21-19(22)24-12(2)10-20/h6-9,12H,3-5H2,1-2H3/t12-/m0/s1. The van der Waals surface area contributed by atoms with Gasteiger partial charge in [0, 0.05) is 4.88 Å². The third-order valence-electron chi connectivity index (χ3n) is 4.46. The number of thiophene rings is 1. The Labute approximate surface area is 154 Å². The highest BCUT2D eigenvalue weighted by Crippen LogP contribution is 2.36. The van der Waals surface area contributed by atoms with Crippen molar-refractivity contribution < 1.29 is 0 Å². The van der Waals surface area contributed by atoms with E-state index in [1.807, 2.05) is 38.1 Å². The van der Waals surface area contributed by atoms with Crippen molar-refractivity contribution in [1.29, 1.82) is 5.26 Å². The van der Waals surface area contributed by atoms with E-state index in [2.05, 4.69) is 6.07 Å². The molecule has 25 heavy (non-hydrogen) atoms. The van der Waals surface area contributed by atoms with Gasteiger partial charge < -0.3 is 0 Å². The van der Waals surface area contributed by atoms with Crippen LogP contribution in [0, 0.1) is 18.3 Å². The minimum Gasteiger partial charge on any atom is -0.268 e. The highest BCUT2D eigenvalue weighted by atomic mass is 32.2. The van der Waals surface area contributed by atoms with Gasteiger partial charge in [0.1, 0.15) is 4.83 Å². The molecule has 2 heterocycles. The highest BCUT2D eigenvalue weighted by Gasteiger charge is 2.24. The van der Waals surface area contributed by atoms with Crippen molar-refractivity contribution in [3.63, 3.8) is 0 Å². The molecule has 1 aliphatic carbocycles. The Morgan fingerprint density at radius 2 is 2.08 bits per heavy atom. The summed E-state index contributed by atoms with van der Waals surface area (Å²) in [5.41, 5.74) is 3.11. The lowest BCUT2D eigenvalue weighted by Gasteiger charge is -2.13. The molecule has 126 valence electrons. The van der Waals surface area contributed by atoms with E-state index < -0.39 is 0 Å². The third-order valence-corrected chi connectivity index (χ3v) is 6.59. The molecule has 3 aromatic rings. The first-order valence-corrected chi connectivity index (χ1v) is 9.98. The monoisotopic (exact) mass is 367 g/mol. The molecule has 6 heteroatoms. The van der Waals surface area contributed by atoms with Gasteiger partial charge in [0.15, 0.2) is 5.16 Å². The summed E-state index contributed by atoms with van der Waals surface area (Å²) < 4.78 is 1.67. The van der Waals surface area contributed by atoms with Gasteiger partial charge in [0.05, 0.1) is 22.4 Å². The first kappa shape index (κ1) is 16.4. The Hall–Kier alpha value is -2.10. The number of hydrogen-bond acceptors (Lipinski definition) is 5. The van der Waals surface area contributed by atoms with Crippen molar-refractivity contribution in [3.05, 3.63) is 50.6 Å². The van der Waals surface area contributed by atoms with E-state index >= 15 is 0 Å². The van der Waals surface area contributed by atoms with Crippen LogP contribution in [0.1, 0.15) is 29.3 Å². The summed E-state index contributed by atoms with van der Waals surface area (Å²) in [6.45, 7) is 3.85. The molecule has 0 saturated heterocycles. The van der Waals surface area contributed by atoms with E-state index in [0.29, 0.717) is 5.16 Å². The summed E-state index contributed by atoms with van der Waals surface area (Å²) in [7, 11) is 0. The van der Waals surface area contributed by atoms with Crippen molar-refractivity contribution in [2.45, 2.75) is 43.5 Å². The van der Waals surface area contributed by atoms with Gasteiger partial charge in [-0.3, -0.25) is 9.36 Å². The predicted molar refractivity (Wildman–Crippen MR) is 103 cm³/mol. The zero-order valence-corrected chi connectivity index (χ0v) is 15.7. The van der Waals surface area contributed by atoms with E-state index in [1.54, 1.807) is 15.9 Å². The van der Waals surface area contributed by atoms with Crippen LogP contribution in [0.3, 0.4) is 0 Å². The van der Waals surface area contributed by atoms with Gasteiger partial charge in [-0.05, 0) is 50.8 Å². The van der Waals surface area contributed by atoms with Crippen molar-refractivity contribution in [2.75, 3.05) is 0 Å². The number of hydrogen-bond donors (Lipinski definition) is 0. The quantitative estimate of drug-likeness (QED) is 0.513. The Balaban J connectivity index is 2.01. The predicted octanol–water partition coefficient (Wildman–Crippen LogP) is 4.25. The minimum absolute atomic E-state index is 0.0131. The molecule has 0 aliphatic heterocycles. The summed E-state index contributed by atoms with van der Waals surface area (Å²) >= 11 is 2.97. The van der Waals surface area contributed by atoms with Crippen LogP contribution in [-0.2, 0) is 12.8 Å². The van der Waals surface area contributed by atoms with Crippen LogP contribution in [0.25, 0.3) is 15.9 Å². The Morgan fingerprint density at radius 3 is 2.80 bits per heavy atom. The lowest BCUT2D eigenvalue weighted by atomic mass is 10.2. The number of thioether (sulfide) groups is 1. The van der Waals surface area contributed by atoms with E-state index in [1.165, 1.54) is 22.2 Å². The minimum atomic E-state index is -0.271. The summed E-state index contributed by atoms with van der Waals surface area (Å²) in [5.74, 6) is 0. The SMILES string of the molecule is Cc1ccc(-n2c(S[C@@H](C)C#N)nc3sc4c(c3c2=O)CCC4)cc1. The molecule has 0 unspecified atom stereocenters. The number of benzene rings is 1. The van der Waals surface area contributed by atoms with Crippen LogP contribution in [0.2, 0.25) is 0 Å². The summed E-state index contributed by atoms with van der Waals surface area (Å²) in [5, 5.41) is 10.3. The van der Waals surface area contributed by atoms with E-state index in [-0.39, 0.29) is 10.8 Å². The zero-order chi connectivity index (χ0) is 17.6. The maximum Gasteiger partial charge on any atom is 0.267 e. The van der Waals surface area contributed by atoms with E-state index in [0.717, 1.165) is 40.7 Å². The summed E-state index contributed by atoms with van der Waals surface area (Å²) in [6.07, 6.45) is 3.11. The first-order valence-electron chi connectivity index (χ1n) is 8.29. The molecule has 0 fully saturated rings. The van der Waals surface area contributed by atoms with Crippen LogP contribution in [0.4, 0.5) is 0 Å². The fourth-order valence-corrected chi connectivity index (χ4v) is 5.33. The second-order valence-corrected chi connectivity index (χ2v) is 8.69. The number of rotatable bonds is 3. The van der Waals surface area contributed by atoms with Crippen molar-refractivity contribution in [2.24, 2.45) is 0 Å². The van der Waals surface area contributed by atoms with Gasteiger partial charge in [-0.15, -0.1) is 11.3 Å². The molecule has 4 nitrogen and oxygen atoms in total. The number of aryl methyl sites for hydroxylation is 3. The van der Waals surface area contributed by atoms with E-state index in [4.69, 9.17) is 4.98 Å². The number of aromatic nitrogens is 2. The van der Waals surface area contributed by atoms with Crippen LogP contribution >= 0.6 is 23.1 Å². The average molecular weight is 367 g/mol. The molecule has 0 bridgehead atoms. The normalized spacial score (nSPS) is 14.4. The van der Waals surface area contributed by atoms with Gasteiger partial charge in [-0.1, -0.05) is 29.5 Å². The van der Waals surface area contributed by atoms with Crippen LogP contribution < -0.4 is 5.56 Å². The summed E-state index contributed by atoms with van der Waals surface area (Å²) in [4.78, 5) is 20.2. The van der Waals surface area contributed by atoms with Crippen molar-refractivity contribution in [3.8, 4) is 11.8 Å². The van der Waals surface area contributed by atoms with E-state index in [9.17, 15) is 10.1 Å². The number of fused-ring (bicyclic) bond motifs is 3. The molecule has 0 saturated carbocycles. The maximum absolute atomic E-state index is 13.4. The molecular weight excluding hydrogens is 350 g/mol. The Bertz CT molecular complexity index is 1060. The smallest absolute Gasteiger partial charge is 0.267 e. The summed E-state index contributed by atoms with van der Waals surface area (Å²) in [6, 6.07) is 10.1. The molecular formula is C19H17N3OS2. The van der Waals surface area contributed by atoms with Crippen LogP contribution in [-0.4, -0.2) is 14.8 Å². The van der Waals surface area contributed by atoms with Crippen LogP contribution in [0.5, 0.6) is 0 Å². The number of nitriles is 1. The average Bonchev–Trinajstić information content (AvgIpc) is 3.16. The molecule has 0 amide bonds. The second-order valence-electron chi connectivity index (χ2n) is 6.30. The molecule has 0 radical (unpaired) electrons. The molecule has 2 aromatic heterocycles. The van der Waals surface area contributed by atoms with Crippen molar-refractivity contribution >= 4 is 33.3 Å². The van der Waals surface area contributed by atoms with Gasteiger partial charge in [0.2, 0.25) is 0 Å². The maximum atomic E-state index is 13.4. The van der Waals surface area contributed by atoms with Crippen LogP contribution in [0.15, 0.2) is 34.2 Å². The lowest BCUT2D eigenvalue weighted by molar-refractivity contribution is 0.818. The molecule has 1 atom stereocenters. The highest BCUT2D eigenvalue weighted by molar-refractivity contribution is 8.00.